The fourth-order valence-corrected chi connectivity index (χ4v) is 4.61. The molecule has 1 saturated carbocycles. The van der Waals surface area contributed by atoms with Gasteiger partial charge < -0.3 is 4.90 Å². The summed E-state index contributed by atoms with van der Waals surface area (Å²) in [7, 11) is 0. The van der Waals surface area contributed by atoms with Crippen molar-refractivity contribution < 1.29 is 9.59 Å². The predicted octanol–water partition coefficient (Wildman–Crippen LogP) is 3.05. The zero-order valence-corrected chi connectivity index (χ0v) is 17.7. The molecule has 7 heteroatoms. The quantitative estimate of drug-likeness (QED) is 0.774. The second kappa shape index (κ2) is 8.66. The van der Waals surface area contributed by atoms with E-state index < -0.39 is 0 Å². The number of piperazine rings is 1. The molecule has 3 aliphatic rings. The highest BCUT2D eigenvalue weighted by atomic mass is 79.9. The number of hydrogen-bond donors (Lipinski definition) is 1. The molecule has 2 fully saturated rings. The highest BCUT2D eigenvalue weighted by Crippen LogP contribution is 2.24. The lowest BCUT2D eigenvalue weighted by Crippen LogP contribution is -2.55. The van der Waals surface area contributed by atoms with Gasteiger partial charge >= 0.3 is 0 Å². The Hall–Kier alpha value is -1.86. The van der Waals surface area contributed by atoms with Gasteiger partial charge in [-0.3, -0.25) is 19.9 Å². The standard InChI is InChI=1S/C21H27BrN4O2/c22-16-6-8-18(9-7-16)26-20(27)11-10-19(23-26)21(28)25-14-12-24(13-15-25)17-4-2-1-3-5-17/h6-10,17,23H,1-5,11-15H2. The molecule has 1 aromatic rings. The molecular formula is C21H27BrN4O2. The summed E-state index contributed by atoms with van der Waals surface area (Å²) in [6.45, 7) is 3.39. The van der Waals surface area contributed by atoms with E-state index in [9.17, 15) is 9.59 Å². The van der Waals surface area contributed by atoms with Crippen LogP contribution in [0.4, 0.5) is 5.69 Å². The molecule has 1 aliphatic carbocycles. The smallest absolute Gasteiger partial charge is 0.271 e. The molecule has 0 unspecified atom stereocenters. The van der Waals surface area contributed by atoms with Crippen molar-refractivity contribution in [2.24, 2.45) is 0 Å². The molecule has 28 heavy (non-hydrogen) atoms. The second-order valence-corrected chi connectivity index (χ2v) is 8.67. The third-order valence-corrected chi connectivity index (χ3v) is 6.50. The van der Waals surface area contributed by atoms with Gasteiger partial charge in [-0.15, -0.1) is 0 Å². The molecular weight excluding hydrogens is 420 g/mol. The van der Waals surface area contributed by atoms with E-state index in [1.54, 1.807) is 6.08 Å². The van der Waals surface area contributed by atoms with Crippen LogP contribution in [0.3, 0.4) is 0 Å². The molecule has 0 atom stereocenters. The number of nitrogens with one attached hydrogen (secondary N) is 1. The van der Waals surface area contributed by atoms with Crippen LogP contribution in [0.5, 0.6) is 0 Å². The summed E-state index contributed by atoms with van der Waals surface area (Å²) in [6, 6.07) is 8.17. The van der Waals surface area contributed by atoms with Crippen LogP contribution < -0.4 is 10.4 Å². The van der Waals surface area contributed by atoms with E-state index in [-0.39, 0.29) is 18.2 Å². The van der Waals surface area contributed by atoms with Crippen LogP contribution in [-0.2, 0) is 9.59 Å². The first-order chi connectivity index (χ1) is 13.6. The Morgan fingerprint density at radius 3 is 2.36 bits per heavy atom. The predicted molar refractivity (Wildman–Crippen MR) is 112 cm³/mol. The number of amides is 2. The minimum Gasteiger partial charge on any atom is -0.335 e. The zero-order valence-electron chi connectivity index (χ0n) is 16.1. The molecule has 1 saturated heterocycles. The normalized spacial score (nSPS) is 22.0. The first-order valence-corrected chi connectivity index (χ1v) is 11.0. The fourth-order valence-electron chi connectivity index (χ4n) is 4.35. The van der Waals surface area contributed by atoms with Crippen molar-refractivity contribution >= 4 is 33.4 Å². The van der Waals surface area contributed by atoms with Crippen LogP contribution in [0, 0.1) is 0 Å². The van der Waals surface area contributed by atoms with Crippen LogP contribution in [-0.4, -0.2) is 53.8 Å². The summed E-state index contributed by atoms with van der Waals surface area (Å²) >= 11 is 3.41. The van der Waals surface area contributed by atoms with E-state index in [0.29, 0.717) is 11.7 Å². The van der Waals surface area contributed by atoms with Crippen LogP contribution in [0.2, 0.25) is 0 Å². The third kappa shape index (κ3) is 4.25. The SMILES string of the molecule is O=C(C1=CCC(=O)N(c2ccc(Br)cc2)N1)N1CCN(C2CCCCC2)CC1. The first-order valence-electron chi connectivity index (χ1n) is 10.2. The number of nitrogens with zero attached hydrogens (tertiary/aromatic N) is 3. The fraction of sp³-hybridized carbons (Fsp3) is 0.524. The molecule has 0 bridgehead atoms. The van der Waals surface area contributed by atoms with Gasteiger partial charge in [0.2, 0.25) is 5.91 Å². The van der Waals surface area contributed by atoms with Gasteiger partial charge in [0.25, 0.3) is 5.91 Å². The minimum atomic E-state index is -0.0685. The van der Waals surface area contributed by atoms with Gasteiger partial charge in [-0.1, -0.05) is 35.2 Å². The Balaban J connectivity index is 1.37. The van der Waals surface area contributed by atoms with Crippen molar-refractivity contribution in [3.8, 4) is 0 Å². The van der Waals surface area contributed by atoms with Gasteiger partial charge in [-0.05, 0) is 43.2 Å². The Labute approximate surface area is 174 Å². The van der Waals surface area contributed by atoms with Crippen LogP contribution in [0.1, 0.15) is 38.5 Å². The van der Waals surface area contributed by atoms with Crippen molar-refractivity contribution in [1.29, 1.82) is 0 Å². The number of benzene rings is 1. The van der Waals surface area contributed by atoms with Gasteiger partial charge in [0, 0.05) is 43.1 Å². The summed E-state index contributed by atoms with van der Waals surface area (Å²) in [5.74, 6) is -0.0844. The summed E-state index contributed by atoms with van der Waals surface area (Å²) in [5.41, 5.74) is 4.26. The van der Waals surface area contributed by atoms with E-state index in [2.05, 4.69) is 26.3 Å². The topological polar surface area (TPSA) is 55.9 Å². The lowest BCUT2D eigenvalue weighted by Gasteiger charge is -2.41. The Bertz CT molecular complexity index is 750. The van der Waals surface area contributed by atoms with Gasteiger partial charge in [-0.2, -0.15) is 0 Å². The van der Waals surface area contributed by atoms with Crippen molar-refractivity contribution in [2.45, 2.75) is 44.6 Å². The first kappa shape index (κ1) is 19.5. The molecule has 1 N–H and O–H groups in total. The summed E-state index contributed by atoms with van der Waals surface area (Å²) in [6.07, 6.45) is 8.57. The van der Waals surface area contributed by atoms with Crippen molar-refractivity contribution in [3.05, 3.63) is 40.5 Å². The maximum absolute atomic E-state index is 13.0. The number of anilines is 1. The van der Waals surface area contributed by atoms with Gasteiger partial charge in [-0.25, -0.2) is 5.01 Å². The summed E-state index contributed by atoms with van der Waals surface area (Å²) in [4.78, 5) is 29.8. The summed E-state index contributed by atoms with van der Waals surface area (Å²) < 4.78 is 0.948. The maximum atomic E-state index is 13.0. The molecule has 2 heterocycles. The molecule has 2 amide bonds. The molecule has 1 aromatic carbocycles. The highest BCUT2D eigenvalue weighted by molar-refractivity contribution is 9.10. The lowest BCUT2D eigenvalue weighted by atomic mass is 9.94. The van der Waals surface area contributed by atoms with Crippen LogP contribution >= 0.6 is 15.9 Å². The summed E-state index contributed by atoms with van der Waals surface area (Å²) in [5, 5.41) is 1.47. The lowest BCUT2D eigenvalue weighted by molar-refractivity contribution is -0.130. The van der Waals surface area contributed by atoms with E-state index in [0.717, 1.165) is 36.3 Å². The molecule has 0 radical (unpaired) electrons. The van der Waals surface area contributed by atoms with E-state index in [1.807, 2.05) is 29.2 Å². The Morgan fingerprint density at radius 1 is 1.00 bits per heavy atom. The average Bonchev–Trinajstić information content (AvgIpc) is 2.75. The van der Waals surface area contributed by atoms with Crippen molar-refractivity contribution in [1.82, 2.24) is 15.2 Å². The zero-order chi connectivity index (χ0) is 19.5. The number of carbonyl (C=O) groups excluding carboxylic acids is 2. The van der Waals surface area contributed by atoms with Gasteiger partial charge in [0.05, 0.1) is 5.69 Å². The molecule has 0 spiro atoms. The van der Waals surface area contributed by atoms with E-state index >= 15 is 0 Å². The van der Waals surface area contributed by atoms with Crippen LogP contribution in [0.15, 0.2) is 40.5 Å². The molecule has 2 aliphatic heterocycles. The van der Waals surface area contributed by atoms with E-state index in [4.69, 9.17) is 0 Å². The number of carbonyl (C=O) groups is 2. The average molecular weight is 447 g/mol. The maximum Gasteiger partial charge on any atom is 0.271 e. The Kier molecular flexibility index (Phi) is 6.01. The number of hydrazine groups is 1. The Morgan fingerprint density at radius 2 is 1.68 bits per heavy atom. The molecule has 4 rings (SSSR count). The molecule has 6 nitrogen and oxygen atoms in total. The molecule has 0 aromatic heterocycles. The largest absolute Gasteiger partial charge is 0.335 e. The number of halogens is 1. The minimum absolute atomic E-state index is 0.0158. The highest BCUT2D eigenvalue weighted by Gasteiger charge is 2.31. The van der Waals surface area contributed by atoms with Crippen molar-refractivity contribution in [2.75, 3.05) is 31.2 Å². The second-order valence-electron chi connectivity index (χ2n) is 7.76. The van der Waals surface area contributed by atoms with Gasteiger partial charge in [0.1, 0.15) is 5.70 Å². The monoisotopic (exact) mass is 446 g/mol. The molecule has 150 valence electrons. The van der Waals surface area contributed by atoms with Crippen LogP contribution in [0.25, 0.3) is 0 Å². The van der Waals surface area contributed by atoms with Crippen molar-refractivity contribution in [3.63, 3.8) is 0 Å². The number of rotatable bonds is 3. The third-order valence-electron chi connectivity index (χ3n) is 5.97. The van der Waals surface area contributed by atoms with E-state index in [1.165, 1.54) is 37.1 Å². The van der Waals surface area contributed by atoms with Gasteiger partial charge in [0.15, 0.2) is 0 Å². The number of hydrogen-bond acceptors (Lipinski definition) is 4.